The number of aromatic nitrogens is 4. The van der Waals surface area contributed by atoms with Crippen molar-refractivity contribution in [2.45, 2.75) is 38.8 Å². The topological polar surface area (TPSA) is 67.2 Å². The number of nitrogens with zero attached hydrogens (tertiary/aromatic N) is 6. The van der Waals surface area contributed by atoms with E-state index in [-0.39, 0.29) is 5.91 Å². The second-order valence-electron chi connectivity index (χ2n) is 8.81. The highest BCUT2D eigenvalue weighted by Crippen LogP contribution is 2.28. The number of amides is 1. The molecule has 7 nitrogen and oxygen atoms in total. The Morgan fingerprint density at radius 1 is 1.19 bits per heavy atom. The number of likely N-dealkylation sites (tertiary alicyclic amines) is 1. The second kappa shape index (κ2) is 10.0. The summed E-state index contributed by atoms with van der Waals surface area (Å²) in [5.41, 5.74) is 4.13. The van der Waals surface area contributed by atoms with Gasteiger partial charge in [-0.3, -0.25) is 19.4 Å². The van der Waals surface area contributed by atoms with Crippen LogP contribution in [0.25, 0.3) is 0 Å². The van der Waals surface area contributed by atoms with Crippen LogP contribution in [0.4, 0.5) is 0 Å². The van der Waals surface area contributed by atoms with Gasteiger partial charge in [0.05, 0.1) is 11.9 Å². The van der Waals surface area contributed by atoms with Gasteiger partial charge in [-0.05, 0) is 44.7 Å². The molecule has 1 saturated heterocycles. The van der Waals surface area contributed by atoms with Crippen molar-refractivity contribution in [3.8, 4) is 0 Å². The third kappa shape index (κ3) is 5.22. The van der Waals surface area contributed by atoms with Gasteiger partial charge in [-0.15, -0.1) is 0 Å². The minimum Gasteiger partial charge on any atom is -0.337 e. The highest BCUT2D eigenvalue weighted by atomic mass is 16.2. The summed E-state index contributed by atoms with van der Waals surface area (Å²) in [4.78, 5) is 25.4. The van der Waals surface area contributed by atoms with Gasteiger partial charge in [0, 0.05) is 56.9 Å². The van der Waals surface area contributed by atoms with Gasteiger partial charge in [-0.2, -0.15) is 5.10 Å². The summed E-state index contributed by atoms with van der Waals surface area (Å²) < 4.78 is 1.89. The van der Waals surface area contributed by atoms with E-state index in [1.165, 1.54) is 11.1 Å². The van der Waals surface area contributed by atoms with E-state index < -0.39 is 0 Å². The number of benzene rings is 1. The Labute approximate surface area is 190 Å². The van der Waals surface area contributed by atoms with Gasteiger partial charge in [0.2, 0.25) is 0 Å². The van der Waals surface area contributed by atoms with Crippen molar-refractivity contribution in [3.63, 3.8) is 0 Å². The van der Waals surface area contributed by atoms with Gasteiger partial charge in [-0.25, -0.2) is 4.98 Å². The maximum Gasteiger partial charge on any atom is 0.274 e. The lowest BCUT2D eigenvalue weighted by atomic mass is 9.84. The molecule has 3 heterocycles. The molecule has 0 N–H and O–H groups in total. The van der Waals surface area contributed by atoms with E-state index in [1.807, 2.05) is 16.6 Å². The van der Waals surface area contributed by atoms with Crippen LogP contribution >= 0.6 is 0 Å². The molecule has 1 atom stereocenters. The first-order valence-electron chi connectivity index (χ1n) is 11.3. The average molecular weight is 433 g/mol. The molecule has 168 valence electrons. The van der Waals surface area contributed by atoms with Crippen molar-refractivity contribution < 1.29 is 4.79 Å². The Bertz CT molecular complexity index is 1010. The summed E-state index contributed by atoms with van der Waals surface area (Å²) in [5.74, 6) is 0.499. The number of hydrogen-bond acceptors (Lipinski definition) is 5. The van der Waals surface area contributed by atoms with Gasteiger partial charge >= 0.3 is 0 Å². The van der Waals surface area contributed by atoms with Gasteiger partial charge in [-0.1, -0.05) is 30.3 Å². The van der Waals surface area contributed by atoms with Gasteiger partial charge < -0.3 is 4.90 Å². The molecule has 32 heavy (non-hydrogen) atoms. The maximum absolute atomic E-state index is 12.8. The largest absolute Gasteiger partial charge is 0.337 e. The first-order valence-corrected chi connectivity index (χ1v) is 11.3. The average Bonchev–Trinajstić information content (AvgIpc) is 3.14. The number of carbonyl (C=O) groups is 1. The summed E-state index contributed by atoms with van der Waals surface area (Å²) in [6, 6.07) is 11.1. The van der Waals surface area contributed by atoms with Crippen LogP contribution in [0, 0.1) is 12.8 Å². The normalized spacial score (nSPS) is 15.8. The zero-order chi connectivity index (χ0) is 22.5. The van der Waals surface area contributed by atoms with Crippen molar-refractivity contribution in [2.24, 2.45) is 13.0 Å². The molecule has 0 unspecified atom stereocenters. The number of carbonyl (C=O) groups excluding carboxylic acids is 1. The van der Waals surface area contributed by atoms with E-state index in [4.69, 9.17) is 0 Å². The van der Waals surface area contributed by atoms with E-state index in [0.29, 0.717) is 17.7 Å². The Balaban J connectivity index is 1.46. The first kappa shape index (κ1) is 22.1. The Morgan fingerprint density at radius 2 is 1.94 bits per heavy atom. The standard InChI is InChI=1S/C25H32N6O/c1-19-22(18-30(3)28-19)17-29(2)24(15-20-7-5-4-6-8-20)21-9-13-31(14-10-21)25(32)23-16-26-11-12-27-23/h4-8,11-12,16,18,21,24H,9-10,13-15,17H2,1-3H3/t24-/m1/s1. The van der Waals surface area contributed by atoms with E-state index in [2.05, 4.69) is 70.5 Å². The molecule has 0 spiro atoms. The molecule has 0 aliphatic carbocycles. The molecule has 0 bridgehead atoms. The Morgan fingerprint density at radius 3 is 2.56 bits per heavy atom. The molecular weight excluding hydrogens is 400 g/mol. The fraction of sp³-hybridized carbons (Fsp3) is 0.440. The zero-order valence-corrected chi connectivity index (χ0v) is 19.2. The molecule has 1 amide bonds. The van der Waals surface area contributed by atoms with E-state index in [0.717, 1.165) is 44.6 Å². The summed E-state index contributed by atoms with van der Waals surface area (Å²) in [7, 11) is 4.19. The molecule has 1 fully saturated rings. The van der Waals surface area contributed by atoms with Crippen LogP contribution in [0.3, 0.4) is 0 Å². The van der Waals surface area contributed by atoms with Crippen molar-refractivity contribution in [1.82, 2.24) is 29.5 Å². The summed E-state index contributed by atoms with van der Waals surface area (Å²) in [5, 5.41) is 4.51. The van der Waals surface area contributed by atoms with E-state index in [1.54, 1.807) is 18.6 Å². The lowest BCUT2D eigenvalue weighted by Gasteiger charge is -2.40. The van der Waals surface area contributed by atoms with E-state index in [9.17, 15) is 4.79 Å². The van der Waals surface area contributed by atoms with Crippen LogP contribution in [0.1, 0.15) is 40.2 Å². The van der Waals surface area contributed by atoms with Crippen LogP contribution in [0.2, 0.25) is 0 Å². The van der Waals surface area contributed by atoms with Crippen LogP contribution < -0.4 is 0 Å². The van der Waals surface area contributed by atoms with Gasteiger partial charge in [0.1, 0.15) is 5.69 Å². The molecule has 3 aromatic rings. The molecule has 7 heteroatoms. The number of aryl methyl sites for hydroxylation is 2. The Hall–Kier alpha value is -3.06. The summed E-state index contributed by atoms with van der Waals surface area (Å²) >= 11 is 0. The number of piperidine rings is 1. The quantitative estimate of drug-likeness (QED) is 0.574. The monoisotopic (exact) mass is 432 g/mol. The summed E-state index contributed by atoms with van der Waals surface area (Å²) in [6.07, 6.45) is 9.81. The zero-order valence-electron chi connectivity index (χ0n) is 19.2. The summed E-state index contributed by atoms with van der Waals surface area (Å²) in [6.45, 7) is 4.46. The lowest BCUT2D eigenvalue weighted by Crippen LogP contribution is -2.46. The van der Waals surface area contributed by atoms with Gasteiger partial charge in [0.15, 0.2) is 0 Å². The fourth-order valence-corrected chi connectivity index (χ4v) is 4.79. The van der Waals surface area contributed by atoms with Crippen LogP contribution in [-0.2, 0) is 20.0 Å². The minimum atomic E-state index is -0.0181. The molecule has 1 aromatic carbocycles. The predicted molar refractivity (Wildman–Crippen MR) is 124 cm³/mol. The molecular formula is C25H32N6O. The molecule has 4 rings (SSSR count). The van der Waals surface area contributed by atoms with Crippen molar-refractivity contribution in [2.75, 3.05) is 20.1 Å². The molecule has 2 aromatic heterocycles. The predicted octanol–water partition coefficient (Wildman–Crippen LogP) is 3.11. The Kier molecular flexibility index (Phi) is 6.95. The highest BCUT2D eigenvalue weighted by molar-refractivity contribution is 5.92. The van der Waals surface area contributed by atoms with Crippen molar-refractivity contribution >= 4 is 5.91 Å². The molecule has 1 aliphatic heterocycles. The first-order chi connectivity index (χ1) is 15.5. The lowest BCUT2D eigenvalue weighted by molar-refractivity contribution is 0.0597. The number of likely N-dealkylation sites (N-methyl/N-ethyl adjacent to an activating group) is 1. The number of rotatable bonds is 7. The van der Waals surface area contributed by atoms with Crippen molar-refractivity contribution in [1.29, 1.82) is 0 Å². The van der Waals surface area contributed by atoms with Crippen LogP contribution in [-0.4, -0.2) is 61.6 Å². The van der Waals surface area contributed by atoms with Crippen molar-refractivity contribution in [3.05, 3.63) is 77.6 Å². The third-order valence-corrected chi connectivity index (χ3v) is 6.54. The minimum absolute atomic E-state index is 0.0181. The highest BCUT2D eigenvalue weighted by Gasteiger charge is 2.31. The maximum atomic E-state index is 12.8. The van der Waals surface area contributed by atoms with Crippen LogP contribution in [0.5, 0.6) is 0 Å². The molecule has 0 radical (unpaired) electrons. The third-order valence-electron chi connectivity index (χ3n) is 6.54. The second-order valence-corrected chi connectivity index (χ2v) is 8.81. The van der Waals surface area contributed by atoms with E-state index >= 15 is 0 Å². The molecule has 0 saturated carbocycles. The van der Waals surface area contributed by atoms with Gasteiger partial charge in [0.25, 0.3) is 5.91 Å². The SMILES string of the molecule is Cc1nn(C)cc1CN(C)[C@H](Cc1ccccc1)C1CCN(C(=O)c2cnccn2)CC1. The smallest absolute Gasteiger partial charge is 0.274 e. The van der Waals surface area contributed by atoms with Crippen LogP contribution in [0.15, 0.2) is 55.1 Å². The molecule has 1 aliphatic rings. The fourth-order valence-electron chi connectivity index (χ4n) is 4.79. The number of hydrogen-bond donors (Lipinski definition) is 0.